The molecule has 0 bridgehead atoms. The van der Waals surface area contributed by atoms with E-state index < -0.39 is 24.0 Å². The number of nitrogens with zero attached hydrogens (tertiary/aromatic N) is 1. The summed E-state index contributed by atoms with van der Waals surface area (Å²) >= 11 is 6.14. The van der Waals surface area contributed by atoms with Crippen molar-refractivity contribution in [2.24, 2.45) is 7.05 Å². The number of hydrogen-bond acceptors (Lipinski definition) is 4. The van der Waals surface area contributed by atoms with Crippen LogP contribution in [-0.2, 0) is 13.5 Å². The van der Waals surface area contributed by atoms with E-state index in [1.165, 1.54) is 43.0 Å². The Hall–Kier alpha value is -2.45. The summed E-state index contributed by atoms with van der Waals surface area (Å²) in [6, 6.07) is 8.95. The zero-order chi connectivity index (χ0) is 20.6. The lowest BCUT2D eigenvalue weighted by atomic mass is 9.86. The van der Waals surface area contributed by atoms with Crippen LogP contribution < -0.4 is 10.5 Å². The first-order valence-electron chi connectivity index (χ1n) is 8.28. The largest absolute Gasteiger partial charge is 0.497 e. The fourth-order valence-corrected chi connectivity index (χ4v) is 3.36. The molecular formula is C19H17ClF3NO4. The van der Waals surface area contributed by atoms with E-state index in [1.54, 1.807) is 12.1 Å². The second-order valence-electron chi connectivity index (χ2n) is 6.41. The number of hydrogen-bond donors (Lipinski definition) is 1. The number of ether oxygens (including phenoxy) is 1. The minimum absolute atomic E-state index is 0.0888. The van der Waals surface area contributed by atoms with Crippen LogP contribution in [0.3, 0.4) is 0 Å². The van der Waals surface area contributed by atoms with Crippen LogP contribution in [0.4, 0.5) is 13.2 Å². The number of fused-ring (bicyclic) bond motifs is 1. The molecule has 3 aromatic rings. The van der Waals surface area contributed by atoms with Crippen molar-refractivity contribution in [3.05, 3.63) is 63.1 Å². The maximum Gasteiger partial charge on any atom is 0.419 e. The lowest BCUT2D eigenvalue weighted by molar-refractivity contribution is -0.210. The molecule has 0 aliphatic heterocycles. The number of aromatic nitrogens is 1. The quantitative estimate of drug-likeness (QED) is 0.683. The molecule has 1 N–H and O–H groups in total. The van der Waals surface area contributed by atoms with Crippen LogP contribution in [0.2, 0.25) is 5.02 Å². The first-order valence-corrected chi connectivity index (χ1v) is 8.66. The van der Waals surface area contributed by atoms with Gasteiger partial charge in [0.25, 0.3) is 0 Å². The molecule has 9 heteroatoms. The van der Waals surface area contributed by atoms with Crippen molar-refractivity contribution < 1.29 is 27.4 Å². The van der Waals surface area contributed by atoms with Gasteiger partial charge in [0, 0.05) is 18.0 Å². The second-order valence-corrected chi connectivity index (χ2v) is 6.82. The van der Waals surface area contributed by atoms with E-state index in [1.807, 2.05) is 0 Å². The summed E-state index contributed by atoms with van der Waals surface area (Å²) in [5, 5.41) is 10.1. The SMILES string of the molecule is COc1ccc(Cl)c(C(Cc2ccc3oc(=O)n(C)c3c2)C(O)C(F)(F)F)c1. The van der Waals surface area contributed by atoms with Crippen LogP contribution in [-0.4, -0.2) is 29.1 Å². The molecule has 0 aliphatic carbocycles. The molecule has 0 aliphatic rings. The molecular weight excluding hydrogens is 399 g/mol. The number of alkyl halides is 3. The van der Waals surface area contributed by atoms with Gasteiger partial charge in [0.05, 0.1) is 12.6 Å². The predicted octanol–water partition coefficient (Wildman–Crippen LogP) is 4.04. The molecule has 28 heavy (non-hydrogen) atoms. The fraction of sp³-hybridized carbons (Fsp3) is 0.316. The fourth-order valence-electron chi connectivity index (χ4n) is 3.11. The molecule has 0 fully saturated rings. The van der Waals surface area contributed by atoms with Crippen LogP contribution in [0, 0.1) is 0 Å². The molecule has 5 nitrogen and oxygen atoms in total. The van der Waals surface area contributed by atoms with E-state index in [4.69, 9.17) is 20.8 Å². The molecule has 150 valence electrons. The lowest BCUT2D eigenvalue weighted by Crippen LogP contribution is -2.35. The summed E-state index contributed by atoms with van der Waals surface area (Å²) in [5.41, 5.74) is 1.37. The zero-order valence-corrected chi connectivity index (χ0v) is 15.7. The van der Waals surface area contributed by atoms with Crippen molar-refractivity contribution in [1.82, 2.24) is 4.57 Å². The third-order valence-electron chi connectivity index (χ3n) is 4.63. The summed E-state index contributed by atoms with van der Waals surface area (Å²) in [7, 11) is 2.88. The number of methoxy groups -OCH3 is 1. The number of aliphatic hydroxyl groups is 1. The summed E-state index contributed by atoms with van der Waals surface area (Å²) in [6.45, 7) is 0. The zero-order valence-electron chi connectivity index (χ0n) is 15.0. The van der Waals surface area contributed by atoms with E-state index in [0.29, 0.717) is 22.4 Å². The Morgan fingerprint density at radius 1 is 1.25 bits per heavy atom. The molecule has 0 spiro atoms. The highest BCUT2D eigenvalue weighted by atomic mass is 35.5. The van der Waals surface area contributed by atoms with Crippen molar-refractivity contribution in [1.29, 1.82) is 0 Å². The number of halogens is 4. The molecule has 3 rings (SSSR count). The minimum Gasteiger partial charge on any atom is -0.497 e. The molecule has 0 amide bonds. The highest BCUT2D eigenvalue weighted by Crippen LogP contribution is 2.39. The Kier molecular flexibility index (Phi) is 5.45. The summed E-state index contributed by atoms with van der Waals surface area (Å²) < 4.78 is 51.4. The average Bonchev–Trinajstić information content (AvgIpc) is 2.93. The van der Waals surface area contributed by atoms with E-state index in [0.717, 1.165) is 0 Å². The Balaban J connectivity index is 2.07. The highest BCUT2D eigenvalue weighted by molar-refractivity contribution is 6.31. The first-order chi connectivity index (χ1) is 13.1. The van der Waals surface area contributed by atoms with E-state index >= 15 is 0 Å². The maximum atomic E-state index is 13.3. The van der Waals surface area contributed by atoms with Crippen molar-refractivity contribution in [3.8, 4) is 5.75 Å². The van der Waals surface area contributed by atoms with Gasteiger partial charge in [-0.1, -0.05) is 17.7 Å². The highest BCUT2D eigenvalue weighted by Gasteiger charge is 2.44. The summed E-state index contributed by atoms with van der Waals surface area (Å²) in [5.74, 6) is -1.62. The van der Waals surface area contributed by atoms with Crippen LogP contribution in [0.25, 0.3) is 11.1 Å². The van der Waals surface area contributed by atoms with Gasteiger partial charge in [-0.2, -0.15) is 13.2 Å². The average molecular weight is 416 g/mol. The molecule has 0 saturated carbocycles. The van der Waals surface area contributed by atoms with E-state index in [-0.39, 0.29) is 17.0 Å². The van der Waals surface area contributed by atoms with Gasteiger partial charge in [-0.05, 0) is 47.9 Å². The van der Waals surface area contributed by atoms with Crippen molar-refractivity contribution in [2.45, 2.75) is 24.6 Å². The first kappa shape index (κ1) is 20.3. The van der Waals surface area contributed by atoms with Gasteiger partial charge in [0.15, 0.2) is 11.7 Å². The molecule has 2 unspecified atom stereocenters. The van der Waals surface area contributed by atoms with Crippen LogP contribution in [0.1, 0.15) is 17.0 Å². The van der Waals surface area contributed by atoms with Gasteiger partial charge in [0.1, 0.15) is 5.75 Å². The van der Waals surface area contributed by atoms with Crippen LogP contribution in [0.15, 0.2) is 45.6 Å². The number of aliphatic hydroxyl groups excluding tert-OH is 1. The molecule has 2 atom stereocenters. The molecule has 2 aromatic carbocycles. The summed E-state index contributed by atoms with van der Waals surface area (Å²) in [4.78, 5) is 11.6. The van der Waals surface area contributed by atoms with Gasteiger partial charge in [-0.25, -0.2) is 4.79 Å². The molecule has 1 heterocycles. The predicted molar refractivity (Wildman–Crippen MR) is 98.0 cm³/mol. The van der Waals surface area contributed by atoms with Crippen molar-refractivity contribution >= 4 is 22.7 Å². The number of rotatable bonds is 5. The normalized spacial score (nSPS) is 14.2. The Morgan fingerprint density at radius 3 is 2.61 bits per heavy atom. The lowest BCUT2D eigenvalue weighted by Gasteiger charge is -2.26. The molecule has 0 saturated heterocycles. The van der Waals surface area contributed by atoms with Crippen molar-refractivity contribution in [2.75, 3.05) is 7.11 Å². The second kappa shape index (κ2) is 7.52. The van der Waals surface area contributed by atoms with Gasteiger partial charge < -0.3 is 14.3 Å². The van der Waals surface area contributed by atoms with Gasteiger partial charge >= 0.3 is 11.9 Å². The smallest absolute Gasteiger partial charge is 0.419 e. The minimum atomic E-state index is -4.84. The van der Waals surface area contributed by atoms with Gasteiger partial charge in [-0.3, -0.25) is 4.57 Å². The number of aryl methyl sites for hydroxylation is 1. The van der Waals surface area contributed by atoms with Gasteiger partial charge in [0.2, 0.25) is 0 Å². The maximum absolute atomic E-state index is 13.3. The number of oxazole rings is 1. The van der Waals surface area contributed by atoms with Crippen molar-refractivity contribution in [3.63, 3.8) is 0 Å². The third kappa shape index (κ3) is 3.88. The van der Waals surface area contributed by atoms with E-state index in [2.05, 4.69) is 0 Å². The standard InChI is InChI=1S/C19H17ClF3NO4/c1-24-15-8-10(3-6-16(15)28-18(24)26)7-13(17(25)19(21,22)23)12-9-11(27-2)4-5-14(12)20/h3-6,8-9,13,17,25H,7H2,1-2H3. The molecule has 0 radical (unpaired) electrons. The van der Waals surface area contributed by atoms with Crippen LogP contribution in [0.5, 0.6) is 5.75 Å². The van der Waals surface area contributed by atoms with Gasteiger partial charge in [-0.15, -0.1) is 0 Å². The Labute approximate surface area is 162 Å². The topological polar surface area (TPSA) is 64.6 Å². The summed E-state index contributed by atoms with van der Waals surface area (Å²) in [6.07, 6.45) is -7.65. The Morgan fingerprint density at radius 2 is 1.96 bits per heavy atom. The molecule has 1 aromatic heterocycles. The van der Waals surface area contributed by atoms with E-state index in [9.17, 15) is 23.1 Å². The monoisotopic (exact) mass is 415 g/mol. The Bertz CT molecular complexity index is 1060. The number of benzene rings is 2. The third-order valence-corrected chi connectivity index (χ3v) is 4.97. The van der Waals surface area contributed by atoms with Crippen LogP contribution >= 0.6 is 11.6 Å².